The molecule has 1 heterocycles. The molecule has 0 bridgehead atoms. The predicted molar refractivity (Wildman–Crippen MR) is 132 cm³/mol. The van der Waals surface area contributed by atoms with Crippen LogP contribution in [-0.2, 0) is 27.2 Å². The minimum Gasteiger partial charge on any atom is -0.379 e. The Bertz CT molecular complexity index is 643. The van der Waals surface area contributed by atoms with E-state index in [1.165, 1.54) is 11.1 Å². The molecule has 7 nitrogen and oxygen atoms in total. The average molecular weight is 532 g/mol. The van der Waals surface area contributed by atoms with Crippen LogP contribution in [0.25, 0.3) is 0 Å². The van der Waals surface area contributed by atoms with Crippen LogP contribution in [0.15, 0.2) is 29.3 Å². The maximum absolute atomic E-state index is 12.6. The zero-order valence-corrected chi connectivity index (χ0v) is 20.7. The van der Waals surface area contributed by atoms with E-state index in [9.17, 15) is 4.79 Å². The Morgan fingerprint density at radius 1 is 1.07 bits per heavy atom. The van der Waals surface area contributed by atoms with Gasteiger partial charge in [0.05, 0.1) is 19.8 Å². The number of carbonyl (C=O) groups is 1. The molecule has 170 valence electrons. The number of carbonyl (C=O) groups excluding carboxylic acids is 1. The predicted octanol–water partition coefficient (Wildman–Crippen LogP) is 2.58. The van der Waals surface area contributed by atoms with Crippen LogP contribution >= 0.6 is 24.0 Å². The number of guanidine groups is 1. The van der Waals surface area contributed by atoms with Gasteiger partial charge in [0.25, 0.3) is 0 Å². The molecule has 0 aliphatic carbocycles. The molecule has 0 fully saturated rings. The summed E-state index contributed by atoms with van der Waals surface area (Å²) in [5, 5.41) is 6.38. The summed E-state index contributed by atoms with van der Waals surface area (Å²) in [6.45, 7) is 9.67. The van der Waals surface area contributed by atoms with Gasteiger partial charge in [0, 0.05) is 32.8 Å². The number of nitrogens with zero attached hydrogens (tertiary/aromatic N) is 2. The fraction of sp³-hybridized carbons (Fsp3) is 0.636. The maximum Gasteiger partial charge on any atom is 0.244 e. The summed E-state index contributed by atoms with van der Waals surface area (Å²) < 4.78 is 11.0. The summed E-state index contributed by atoms with van der Waals surface area (Å²) >= 11 is 0. The van der Waals surface area contributed by atoms with Crippen LogP contribution in [-0.4, -0.2) is 69.4 Å². The van der Waals surface area contributed by atoms with Gasteiger partial charge in [-0.1, -0.05) is 37.6 Å². The number of nitrogens with one attached hydrogen (secondary N) is 2. The summed E-state index contributed by atoms with van der Waals surface area (Å²) in [6.07, 6.45) is 3.14. The highest BCUT2D eigenvalue weighted by Crippen LogP contribution is 2.18. The Balaban J connectivity index is 0.00000450. The largest absolute Gasteiger partial charge is 0.379 e. The second-order valence-electron chi connectivity index (χ2n) is 7.03. The van der Waals surface area contributed by atoms with Crippen LogP contribution in [0.1, 0.15) is 37.8 Å². The Morgan fingerprint density at radius 2 is 1.80 bits per heavy atom. The first-order valence-electron chi connectivity index (χ1n) is 10.8. The average Bonchev–Trinajstić information content (AvgIpc) is 2.75. The van der Waals surface area contributed by atoms with Crippen molar-refractivity contribution in [2.75, 3.05) is 52.6 Å². The summed E-state index contributed by atoms with van der Waals surface area (Å²) in [6, 6.07) is 8.32. The molecule has 1 aliphatic rings. The number of halogens is 1. The molecule has 0 radical (unpaired) electrons. The molecule has 0 saturated carbocycles. The first-order chi connectivity index (χ1) is 14.2. The molecule has 8 heteroatoms. The minimum absolute atomic E-state index is 0. The molecule has 1 aliphatic heterocycles. The Kier molecular flexibility index (Phi) is 14.5. The van der Waals surface area contributed by atoms with Crippen molar-refractivity contribution < 1.29 is 14.3 Å². The van der Waals surface area contributed by atoms with Gasteiger partial charge >= 0.3 is 0 Å². The van der Waals surface area contributed by atoms with Crippen molar-refractivity contribution in [1.29, 1.82) is 0 Å². The zero-order chi connectivity index (χ0) is 20.7. The van der Waals surface area contributed by atoms with Gasteiger partial charge in [-0.15, -0.1) is 24.0 Å². The van der Waals surface area contributed by atoms with Gasteiger partial charge in [0.1, 0.15) is 6.54 Å². The van der Waals surface area contributed by atoms with E-state index in [0.29, 0.717) is 38.9 Å². The lowest BCUT2D eigenvalue weighted by molar-refractivity contribution is -0.130. The van der Waals surface area contributed by atoms with Crippen molar-refractivity contribution in [3.8, 4) is 0 Å². The van der Waals surface area contributed by atoms with Gasteiger partial charge in [-0.05, 0) is 30.9 Å². The second-order valence-corrected chi connectivity index (χ2v) is 7.03. The van der Waals surface area contributed by atoms with Gasteiger partial charge in [0.2, 0.25) is 5.91 Å². The number of ether oxygens (including phenoxy) is 2. The van der Waals surface area contributed by atoms with Gasteiger partial charge < -0.3 is 25.0 Å². The summed E-state index contributed by atoms with van der Waals surface area (Å²) in [5.41, 5.74) is 2.57. The molecule has 1 amide bonds. The van der Waals surface area contributed by atoms with E-state index in [0.717, 1.165) is 39.0 Å². The van der Waals surface area contributed by atoms with E-state index in [1.54, 1.807) is 0 Å². The topological polar surface area (TPSA) is 75.2 Å². The minimum atomic E-state index is 0. The number of hydrogen-bond acceptors (Lipinski definition) is 4. The number of hydrogen-bond donors (Lipinski definition) is 2. The van der Waals surface area contributed by atoms with Crippen molar-refractivity contribution in [1.82, 2.24) is 15.5 Å². The highest BCUT2D eigenvalue weighted by Gasteiger charge is 2.19. The molecule has 1 aromatic rings. The van der Waals surface area contributed by atoms with E-state index in [2.05, 4.69) is 40.7 Å². The lowest BCUT2D eigenvalue weighted by atomic mass is 10.00. The highest BCUT2D eigenvalue weighted by atomic mass is 127. The number of amides is 1. The van der Waals surface area contributed by atoms with E-state index >= 15 is 0 Å². The number of aliphatic imine (C=N–C) groups is 1. The second kappa shape index (κ2) is 16.3. The first kappa shape index (κ1) is 26.6. The van der Waals surface area contributed by atoms with Gasteiger partial charge in [-0.3, -0.25) is 4.79 Å². The van der Waals surface area contributed by atoms with Gasteiger partial charge in [-0.25, -0.2) is 4.99 Å². The highest BCUT2D eigenvalue weighted by molar-refractivity contribution is 14.0. The third-order valence-electron chi connectivity index (χ3n) is 4.75. The molecular weight excluding hydrogens is 495 g/mol. The molecule has 0 unspecified atom stereocenters. The maximum atomic E-state index is 12.6. The van der Waals surface area contributed by atoms with E-state index in [1.807, 2.05) is 17.9 Å². The van der Waals surface area contributed by atoms with Gasteiger partial charge in [-0.2, -0.15) is 0 Å². The fourth-order valence-electron chi connectivity index (χ4n) is 3.11. The monoisotopic (exact) mass is 532 g/mol. The fourth-order valence-corrected chi connectivity index (χ4v) is 3.11. The number of unbranched alkanes of at least 4 members (excludes halogenated alkanes) is 1. The molecule has 30 heavy (non-hydrogen) atoms. The number of fused-ring (bicyclic) bond motifs is 1. The Labute approximate surface area is 198 Å². The van der Waals surface area contributed by atoms with Crippen molar-refractivity contribution in [3.05, 3.63) is 35.4 Å². The summed E-state index contributed by atoms with van der Waals surface area (Å²) in [5.74, 6) is 0.693. The molecule has 2 rings (SSSR count). The van der Waals surface area contributed by atoms with E-state index < -0.39 is 0 Å². The quantitative estimate of drug-likeness (QED) is 0.187. The molecule has 1 aromatic carbocycles. The lowest BCUT2D eigenvalue weighted by Crippen LogP contribution is -2.41. The lowest BCUT2D eigenvalue weighted by Gasteiger charge is -2.28. The van der Waals surface area contributed by atoms with Crippen molar-refractivity contribution in [2.24, 2.45) is 4.99 Å². The zero-order valence-electron chi connectivity index (χ0n) is 18.3. The van der Waals surface area contributed by atoms with Crippen LogP contribution in [0, 0.1) is 0 Å². The van der Waals surface area contributed by atoms with E-state index in [-0.39, 0.29) is 36.4 Å². The smallest absolute Gasteiger partial charge is 0.244 e. The molecular formula is C22H37IN4O3. The SMILES string of the molecule is CCCCOCCOCCNC(=NCC(=O)N1CCc2ccccc2C1)NCC.I. The summed E-state index contributed by atoms with van der Waals surface area (Å²) in [4.78, 5) is 18.9. The standard InChI is InChI=1S/C22H36N4O3.HI/c1-3-5-13-28-15-16-29-14-11-24-22(23-4-2)25-17-21(27)26-12-10-19-8-6-7-9-20(19)18-26;/h6-9H,3-5,10-18H2,1-2H3,(H2,23,24,25);1H. The van der Waals surface area contributed by atoms with Crippen LogP contribution in [0.3, 0.4) is 0 Å². The number of rotatable bonds is 12. The van der Waals surface area contributed by atoms with Crippen LogP contribution in [0.2, 0.25) is 0 Å². The molecule has 0 atom stereocenters. The van der Waals surface area contributed by atoms with Crippen molar-refractivity contribution >= 4 is 35.8 Å². The van der Waals surface area contributed by atoms with Crippen molar-refractivity contribution in [2.45, 2.75) is 39.7 Å². The van der Waals surface area contributed by atoms with Crippen LogP contribution < -0.4 is 10.6 Å². The third-order valence-corrected chi connectivity index (χ3v) is 4.75. The van der Waals surface area contributed by atoms with Crippen molar-refractivity contribution in [3.63, 3.8) is 0 Å². The molecule has 0 aromatic heterocycles. The Hall–Kier alpha value is -1.39. The molecule has 0 saturated heterocycles. The molecule has 2 N–H and O–H groups in total. The van der Waals surface area contributed by atoms with E-state index in [4.69, 9.17) is 9.47 Å². The first-order valence-corrected chi connectivity index (χ1v) is 10.8. The Morgan fingerprint density at radius 3 is 2.53 bits per heavy atom. The van der Waals surface area contributed by atoms with Crippen LogP contribution in [0.5, 0.6) is 0 Å². The summed E-state index contributed by atoms with van der Waals surface area (Å²) in [7, 11) is 0. The number of benzene rings is 1. The van der Waals surface area contributed by atoms with Crippen LogP contribution in [0.4, 0.5) is 0 Å². The third kappa shape index (κ3) is 10.1. The normalized spacial score (nSPS) is 13.4. The van der Waals surface area contributed by atoms with Gasteiger partial charge in [0.15, 0.2) is 5.96 Å². The molecule has 0 spiro atoms.